The van der Waals surface area contributed by atoms with E-state index in [4.69, 9.17) is 4.74 Å². The third-order valence-corrected chi connectivity index (χ3v) is 4.29. The van der Waals surface area contributed by atoms with Gasteiger partial charge in [-0.05, 0) is 25.1 Å². The molecule has 0 spiro atoms. The van der Waals surface area contributed by atoms with E-state index in [-0.39, 0.29) is 0 Å². The monoisotopic (exact) mass is 237 g/mol. The predicted octanol–water partition coefficient (Wildman–Crippen LogP) is 2.39. The Morgan fingerprint density at radius 1 is 1.44 bits per heavy atom. The maximum Gasteiger partial charge on any atom is 0.0607 e. The van der Waals surface area contributed by atoms with E-state index in [1.54, 1.807) is 0 Å². The van der Waals surface area contributed by atoms with Gasteiger partial charge in [0, 0.05) is 11.8 Å². The van der Waals surface area contributed by atoms with Gasteiger partial charge in [-0.25, -0.2) is 0 Å². The molecule has 0 bridgehead atoms. The zero-order chi connectivity index (χ0) is 11.4. The molecule has 0 aliphatic carbocycles. The van der Waals surface area contributed by atoms with E-state index in [1.165, 1.54) is 11.1 Å². The fourth-order valence-corrected chi connectivity index (χ4v) is 3.04. The van der Waals surface area contributed by atoms with Gasteiger partial charge in [0.15, 0.2) is 0 Å². The molecule has 0 saturated carbocycles. The average molecular weight is 237 g/mol. The van der Waals surface area contributed by atoms with E-state index in [9.17, 15) is 0 Å². The van der Waals surface area contributed by atoms with Crippen molar-refractivity contribution in [2.75, 3.05) is 26.0 Å². The summed E-state index contributed by atoms with van der Waals surface area (Å²) in [6, 6.07) is 9.06. The molecule has 88 valence electrons. The Morgan fingerprint density at radius 3 is 2.75 bits per heavy atom. The van der Waals surface area contributed by atoms with Crippen molar-refractivity contribution >= 4 is 11.8 Å². The van der Waals surface area contributed by atoms with E-state index < -0.39 is 0 Å². The standard InChI is InChI=1S/C13H19NOS/c1-10-5-3-4-6-12(10)13(14-2)9-16-11-7-15-8-11/h3-6,11,13-14H,7-9H2,1-2H3. The highest BCUT2D eigenvalue weighted by Gasteiger charge is 2.21. The number of thioether (sulfide) groups is 1. The Balaban J connectivity index is 1.95. The minimum absolute atomic E-state index is 0.451. The van der Waals surface area contributed by atoms with Crippen molar-refractivity contribution in [3.8, 4) is 0 Å². The molecule has 1 N–H and O–H groups in total. The number of aryl methyl sites for hydroxylation is 1. The van der Waals surface area contributed by atoms with Crippen molar-refractivity contribution < 1.29 is 4.74 Å². The second kappa shape index (κ2) is 5.71. The molecular formula is C13H19NOS. The van der Waals surface area contributed by atoms with Gasteiger partial charge in [-0.1, -0.05) is 24.3 Å². The van der Waals surface area contributed by atoms with Crippen LogP contribution in [0.3, 0.4) is 0 Å². The number of hydrogen-bond acceptors (Lipinski definition) is 3. The third kappa shape index (κ3) is 2.78. The van der Waals surface area contributed by atoms with E-state index in [1.807, 2.05) is 18.8 Å². The van der Waals surface area contributed by atoms with Crippen molar-refractivity contribution in [1.29, 1.82) is 0 Å². The summed E-state index contributed by atoms with van der Waals surface area (Å²) < 4.78 is 5.19. The Labute approximate surface area is 102 Å². The normalized spacial score (nSPS) is 18.1. The largest absolute Gasteiger partial charge is 0.379 e. The van der Waals surface area contributed by atoms with Crippen LogP contribution in [0.2, 0.25) is 0 Å². The first-order valence-electron chi connectivity index (χ1n) is 5.73. The van der Waals surface area contributed by atoms with E-state index in [0.717, 1.165) is 19.0 Å². The molecule has 1 fully saturated rings. The molecule has 1 aliphatic rings. The third-order valence-electron chi connectivity index (χ3n) is 3.02. The minimum Gasteiger partial charge on any atom is -0.379 e. The van der Waals surface area contributed by atoms with Gasteiger partial charge in [-0.2, -0.15) is 11.8 Å². The molecule has 1 aliphatic heterocycles. The number of ether oxygens (including phenoxy) is 1. The van der Waals surface area contributed by atoms with Gasteiger partial charge in [0.1, 0.15) is 0 Å². The van der Waals surface area contributed by atoms with Crippen LogP contribution in [0.4, 0.5) is 0 Å². The number of nitrogens with one attached hydrogen (secondary N) is 1. The van der Waals surface area contributed by atoms with Crippen LogP contribution in [0, 0.1) is 6.92 Å². The second-order valence-electron chi connectivity index (χ2n) is 4.19. The quantitative estimate of drug-likeness (QED) is 0.849. The van der Waals surface area contributed by atoms with Crippen LogP contribution in [0.25, 0.3) is 0 Å². The SMILES string of the molecule is CNC(CSC1COC1)c1ccccc1C. The summed E-state index contributed by atoms with van der Waals surface area (Å²) in [6.07, 6.45) is 0. The Bertz CT molecular complexity index is 338. The molecule has 0 radical (unpaired) electrons. The van der Waals surface area contributed by atoms with Crippen LogP contribution in [0.1, 0.15) is 17.2 Å². The van der Waals surface area contributed by atoms with Crippen LogP contribution in [0.15, 0.2) is 24.3 Å². The fraction of sp³-hybridized carbons (Fsp3) is 0.538. The second-order valence-corrected chi connectivity index (χ2v) is 5.52. The van der Waals surface area contributed by atoms with Gasteiger partial charge < -0.3 is 10.1 Å². The van der Waals surface area contributed by atoms with Crippen molar-refractivity contribution in [2.45, 2.75) is 18.2 Å². The predicted molar refractivity (Wildman–Crippen MR) is 70.0 cm³/mol. The highest BCUT2D eigenvalue weighted by atomic mass is 32.2. The number of benzene rings is 1. The van der Waals surface area contributed by atoms with Gasteiger partial charge >= 0.3 is 0 Å². The van der Waals surface area contributed by atoms with Crippen molar-refractivity contribution in [3.05, 3.63) is 35.4 Å². The average Bonchev–Trinajstić information content (AvgIpc) is 2.23. The van der Waals surface area contributed by atoms with Gasteiger partial charge in [0.25, 0.3) is 0 Å². The zero-order valence-electron chi connectivity index (χ0n) is 9.90. The Kier molecular flexibility index (Phi) is 4.27. The summed E-state index contributed by atoms with van der Waals surface area (Å²) >= 11 is 2.01. The lowest BCUT2D eigenvalue weighted by Crippen LogP contribution is -2.32. The van der Waals surface area contributed by atoms with E-state index >= 15 is 0 Å². The molecule has 0 amide bonds. The lowest BCUT2D eigenvalue weighted by Gasteiger charge is -2.27. The van der Waals surface area contributed by atoms with Gasteiger partial charge in [0.2, 0.25) is 0 Å². The first-order valence-corrected chi connectivity index (χ1v) is 6.78. The van der Waals surface area contributed by atoms with Gasteiger partial charge in [-0.3, -0.25) is 0 Å². The zero-order valence-corrected chi connectivity index (χ0v) is 10.7. The van der Waals surface area contributed by atoms with Crippen LogP contribution >= 0.6 is 11.8 Å². The summed E-state index contributed by atoms with van der Waals surface area (Å²) in [4.78, 5) is 0. The van der Waals surface area contributed by atoms with Crippen molar-refractivity contribution in [1.82, 2.24) is 5.32 Å². The molecule has 0 aromatic heterocycles. The molecule has 1 atom stereocenters. The molecule has 3 heteroatoms. The van der Waals surface area contributed by atoms with Crippen LogP contribution < -0.4 is 5.32 Å². The molecule has 1 unspecified atom stereocenters. The summed E-state index contributed by atoms with van der Waals surface area (Å²) in [5, 5.41) is 4.11. The van der Waals surface area contributed by atoms with Gasteiger partial charge in [-0.15, -0.1) is 0 Å². The smallest absolute Gasteiger partial charge is 0.0607 e. The lowest BCUT2D eigenvalue weighted by molar-refractivity contribution is 0.0455. The molecule has 1 heterocycles. The topological polar surface area (TPSA) is 21.3 Å². The highest BCUT2D eigenvalue weighted by molar-refractivity contribution is 8.00. The fourth-order valence-electron chi connectivity index (χ4n) is 1.85. The summed E-state index contributed by atoms with van der Waals surface area (Å²) in [6.45, 7) is 4.03. The van der Waals surface area contributed by atoms with Crippen molar-refractivity contribution in [3.63, 3.8) is 0 Å². The Hall–Kier alpha value is -0.510. The Morgan fingerprint density at radius 2 is 2.19 bits per heavy atom. The summed E-state index contributed by atoms with van der Waals surface area (Å²) in [7, 11) is 2.04. The van der Waals surface area contributed by atoms with Crippen molar-refractivity contribution in [2.24, 2.45) is 0 Å². The van der Waals surface area contributed by atoms with Gasteiger partial charge in [0.05, 0.1) is 18.5 Å². The summed E-state index contributed by atoms with van der Waals surface area (Å²) in [5.41, 5.74) is 2.78. The lowest BCUT2D eigenvalue weighted by atomic mass is 10.0. The molecule has 1 saturated heterocycles. The highest BCUT2D eigenvalue weighted by Crippen LogP contribution is 2.26. The molecule has 1 aromatic carbocycles. The molecule has 2 rings (SSSR count). The number of hydrogen-bond donors (Lipinski definition) is 1. The van der Waals surface area contributed by atoms with E-state index in [2.05, 4.69) is 36.5 Å². The van der Waals surface area contributed by atoms with E-state index in [0.29, 0.717) is 11.3 Å². The number of rotatable bonds is 5. The first kappa shape index (κ1) is 12.0. The van der Waals surface area contributed by atoms with Crippen LogP contribution in [-0.2, 0) is 4.74 Å². The summed E-state index contributed by atoms with van der Waals surface area (Å²) in [5.74, 6) is 1.12. The minimum atomic E-state index is 0.451. The molecule has 2 nitrogen and oxygen atoms in total. The molecule has 1 aromatic rings. The maximum absolute atomic E-state index is 5.19. The first-order chi connectivity index (χ1) is 7.81. The maximum atomic E-state index is 5.19. The van der Waals surface area contributed by atoms with Crippen LogP contribution in [-0.4, -0.2) is 31.3 Å². The molecular weight excluding hydrogens is 218 g/mol. The van der Waals surface area contributed by atoms with Crippen LogP contribution in [0.5, 0.6) is 0 Å². The molecule has 16 heavy (non-hydrogen) atoms.